The Balaban J connectivity index is 2.35. The molecule has 6 heteroatoms. The number of aryl methyl sites for hydroxylation is 4. The molecule has 2 rings (SSSR count). The number of amides is 1. The molecule has 140 valence electrons. The summed E-state index contributed by atoms with van der Waals surface area (Å²) in [6.07, 6.45) is 1.11. The highest BCUT2D eigenvalue weighted by Crippen LogP contribution is 2.25. The summed E-state index contributed by atoms with van der Waals surface area (Å²) in [6, 6.07) is 10.2. The number of carbonyl (C=O) groups is 1. The van der Waals surface area contributed by atoms with Crippen molar-refractivity contribution in [1.29, 1.82) is 0 Å². The number of nitrogens with zero attached hydrogens (tertiary/aromatic N) is 1. The smallest absolute Gasteiger partial charge is 0.248 e. The van der Waals surface area contributed by atoms with Crippen LogP contribution in [0.4, 0.5) is 11.4 Å². The monoisotopic (exact) mass is 374 g/mol. The van der Waals surface area contributed by atoms with Crippen molar-refractivity contribution in [3.8, 4) is 0 Å². The van der Waals surface area contributed by atoms with Crippen LogP contribution in [0.2, 0.25) is 0 Å². The van der Waals surface area contributed by atoms with E-state index in [1.54, 1.807) is 19.1 Å². The van der Waals surface area contributed by atoms with Crippen molar-refractivity contribution in [2.24, 2.45) is 0 Å². The van der Waals surface area contributed by atoms with Gasteiger partial charge in [-0.25, -0.2) is 8.42 Å². The third-order valence-corrected chi connectivity index (χ3v) is 5.71. The molecular weight excluding hydrogens is 348 g/mol. The molecule has 0 fully saturated rings. The van der Waals surface area contributed by atoms with E-state index in [-0.39, 0.29) is 5.91 Å². The summed E-state index contributed by atoms with van der Waals surface area (Å²) in [5, 5.41) is 2.84. The lowest BCUT2D eigenvalue weighted by atomic mass is 10.1. The first kappa shape index (κ1) is 20.0. The molecule has 1 amide bonds. The van der Waals surface area contributed by atoms with Gasteiger partial charge in [0.15, 0.2) is 0 Å². The summed E-state index contributed by atoms with van der Waals surface area (Å²) in [4.78, 5) is 12.7. The van der Waals surface area contributed by atoms with Crippen LogP contribution in [0.15, 0.2) is 36.4 Å². The number of hydrogen-bond donors (Lipinski definition) is 1. The summed E-state index contributed by atoms with van der Waals surface area (Å²) < 4.78 is 25.9. The normalized spacial score (nSPS) is 12.5. The number of carbonyl (C=O) groups excluding carboxylic acids is 1. The molecule has 0 heterocycles. The largest absolute Gasteiger partial charge is 0.324 e. The zero-order valence-electron chi connectivity index (χ0n) is 16.1. The summed E-state index contributed by atoms with van der Waals surface area (Å²) in [5.41, 5.74) is 5.23. The van der Waals surface area contributed by atoms with Crippen molar-refractivity contribution in [3.63, 3.8) is 0 Å². The van der Waals surface area contributed by atoms with Crippen molar-refractivity contribution >= 4 is 27.3 Å². The molecule has 0 radical (unpaired) electrons. The molecule has 0 aliphatic heterocycles. The topological polar surface area (TPSA) is 66.5 Å². The van der Waals surface area contributed by atoms with Gasteiger partial charge in [0, 0.05) is 5.69 Å². The van der Waals surface area contributed by atoms with Gasteiger partial charge in [-0.15, -0.1) is 0 Å². The standard InChI is InChI=1S/C20H26N2O3S/c1-13-7-10-19(16(4)11-13)21-20(23)17(5)22(26(6,24)25)18-9-8-14(2)15(3)12-18/h7-12,17H,1-6H3,(H,21,23)/t17-/m1/s1. The fraction of sp³-hybridized carbons (Fsp3) is 0.350. The number of hydrogen-bond acceptors (Lipinski definition) is 3. The lowest BCUT2D eigenvalue weighted by Gasteiger charge is -2.29. The van der Waals surface area contributed by atoms with Gasteiger partial charge in [0.05, 0.1) is 11.9 Å². The van der Waals surface area contributed by atoms with Gasteiger partial charge in [-0.2, -0.15) is 0 Å². The molecule has 2 aromatic rings. The molecule has 0 aliphatic carbocycles. The van der Waals surface area contributed by atoms with Crippen molar-refractivity contribution in [2.75, 3.05) is 15.9 Å². The van der Waals surface area contributed by atoms with E-state index in [0.29, 0.717) is 11.4 Å². The van der Waals surface area contributed by atoms with Gasteiger partial charge >= 0.3 is 0 Å². The Morgan fingerprint density at radius 2 is 1.62 bits per heavy atom. The molecule has 0 bridgehead atoms. The molecule has 1 N–H and O–H groups in total. The summed E-state index contributed by atoms with van der Waals surface area (Å²) in [6.45, 7) is 9.35. The third-order valence-electron chi connectivity index (χ3n) is 4.47. The highest BCUT2D eigenvalue weighted by molar-refractivity contribution is 7.92. The average molecular weight is 375 g/mol. The van der Waals surface area contributed by atoms with Gasteiger partial charge in [0.1, 0.15) is 6.04 Å². The minimum absolute atomic E-state index is 0.374. The van der Waals surface area contributed by atoms with E-state index in [9.17, 15) is 13.2 Å². The van der Waals surface area contributed by atoms with Crippen molar-refractivity contribution in [2.45, 2.75) is 40.7 Å². The molecule has 0 aliphatic rings. The molecule has 0 saturated carbocycles. The summed E-state index contributed by atoms with van der Waals surface area (Å²) in [5.74, 6) is -0.374. The van der Waals surface area contributed by atoms with Crippen LogP contribution in [0, 0.1) is 27.7 Å². The van der Waals surface area contributed by atoms with Crippen LogP contribution >= 0.6 is 0 Å². The highest BCUT2D eigenvalue weighted by atomic mass is 32.2. The first-order valence-electron chi connectivity index (χ1n) is 8.45. The molecule has 26 heavy (non-hydrogen) atoms. The van der Waals surface area contributed by atoms with Crippen molar-refractivity contribution < 1.29 is 13.2 Å². The number of nitrogens with one attached hydrogen (secondary N) is 1. The number of benzene rings is 2. The maximum absolute atomic E-state index is 12.7. The highest BCUT2D eigenvalue weighted by Gasteiger charge is 2.29. The predicted molar refractivity (Wildman–Crippen MR) is 107 cm³/mol. The van der Waals surface area contributed by atoms with E-state index >= 15 is 0 Å². The molecular formula is C20H26N2O3S. The summed E-state index contributed by atoms with van der Waals surface area (Å²) in [7, 11) is -3.63. The molecule has 0 spiro atoms. The SMILES string of the molecule is Cc1ccc(NC(=O)[C@@H](C)N(c2ccc(C)c(C)c2)S(C)(=O)=O)c(C)c1. The molecule has 0 saturated heterocycles. The second-order valence-electron chi connectivity index (χ2n) is 6.81. The predicted octanol–water partition coefficient (Wildman–Crippen LogP) is 3.71. The van der Waals surface area contributed by atoms with Gasteiger partial charge in [-0.05, 0) is 69.5 Å². The van der Waals surface area contributed by atoms with E-state index in [1.165, 1.54) is 0 Å². The van der Waals surface area contributed by atoms with Crippen LogP contribution in [-0.2, 0) is 14.8 Å². The van der Waals surface area contributed by atoms with Crippen LogP contribution < -0.4 is 9.62 Å². The molecule has 1 atom stereocenters. The van der Waals surface area contributed by atoms with Crippen LogP contribution in [-0.4, -0.2) is 26.6 Å². The fourth-order valence-corrected chi connectivity index (χ4v) is 4.03. The number of sulfonamides is 1. The number of rotatable bonds is 5. The molecule has 0 aromatic heterocycles. The van der Waals surface area contributed by atoms with Crippen LogP contribution in [0.25, 0.3) is 0 Å². The van der Waals surface area contributed by atoms with Gasteiger partial charge in [0.2, 0.25) is 15.9 Å². The van der Waals surface area contributed by atoms with Crippen LogP contribution in [0.1, 0.15) is 29.2 Å². The number of anilines is 2. The van der Waals surface area contributed by atoms with E-state index in [0.717, 1.165) is 32.8 Å². The fourth-order valence-electron chi connectivity index (χ4n) is 2.86. The Bertz CT molecular complexity index is 936. The van der Waals surface area contributed by atoms with Gasteiger partial charge in [-0.1, -0.05) is 23.8 Å². The zero-order chi connectivity index (χ0) is 19.6. The van der Waals surface area contributed by atoms with E-state index in [1.807, 2.05) is 52.0 Å². The van der Waals surface area contributed by atoms with E-state index < -0.39 is 16.1 Å². The van der Waals surface area contributed by atoms with Gasteiger partial charge in [-0.3, -0.25) is 9.10 Å². The second kappa shape index (κ2) is 7.50. The Kier molecular flexibility index (Phi) is 5.76. The minimum Gasteiger partial charge on any atom is -0.324 e. The van der Waals surface area contributed by atoms with Crippen molar-refractivity contribution in [3.05, 3.63) is 58.7 Å². The van der Waals surface area contributed by atoms with Crippen molar-refractivity contribution in [1.82, 2.24) is 0 Å². The zero-order valence-corrected chi connectivity index (χ0v) is 16.9. The first-order valence-corrected chi connectivity index (χ1v) is 10.3. The second-order valence-corrected chi connectivity index (χ2v) is 8.67. The molecule has 2 aromatic carbocycles. The lowest BCUT2D eigenvalue weighted by molar-refractivity contribution is -0.116. The molecule has 5 nitrogen and oxygen atoms in total. The van der Waals surface area contributed by atoms with Crippen LogP contribution in [0.5, 0.6) is 0 Å². The Hall–Kier alpha value is -2.34. The third kappa shape index (κ3) is 4.43. The van der Waals surface area contributed by atoms with Gasteiger partial charge < -0.3 is 5.32 Å². The van der Waals surface area contributed by atoms with Gasteiger partial charge in [0.25, 0.3) is 0 Å². The van der Waals surface area contributed by atoms with E-state index in [4.69, 9.17) is 0 Å². The lowest BCUT2D eigenvalue weighted by Crippen LogP contribution is -2.45. The Morgan fingerprint density at radius 3 is 2.15 bits per heavy atom. The first-order chi connectivity index (χ1) is 12.0. The Labute approximate surface area is 156 Å². The van der Waals surface area contributed by atoms with Crippen LogP contribution in [0.3, 0.4) is 0 Å². The quantitative estimate of drug-likeness (QED) is 0.867. The maximum Gasteiger partial charge on any atom is 0.248 e. The average Bonchev–Trinajstić information content (AvgIpc) is 2.52. The molecule has 0 unspecified atom stereocenters. The minimum atomic E-state index is -3.63. The maximum atomic E-state index is 12.7. The van der Waals surface area contributed by atoms with E-state index in [2.05, 4.69) is 5.32 Å². The summed E-state index contributed by atoms with van der Waals surface area (Å²) >= 11 is 0. The Morgan fingerprint density at radius 1 is 0.962 bits per heavy atom.